The van der Waals surface area contributed by atoms with Gasteiger partial charge in [0.05, 0.1) is 30.1 Å². The highest BCUT2D eigenvalue weighted by Gasteiger charge is 2.78. The molecule has 8 heteroatoms. The molecule has 192 valence electrons. The largest absolute Gasteiger partial charge is 0.394 e. The monoisotopic (exact) mass is 485 g/mol. The lowest BCUT2D eigenvalue weighted by atomic mass is 9.66. The number of aliphatic hydroxyl groups excluding tert-OH is 1. The maximum absolute atomic E-state index is 14.0. The minimum atomic E-state index is -1.07. The third-order valence-corrected chi connectivity index (χ3v) is 8.24. The highest BCUT2D eigenvalue weighted by Crippen LogP contribution is 2.63. The number of hydrogen-bond donors (Lipinski definition) is 3. The van der Waals surface area contributed by atoms with E-state index in [1.165, 1.54) is 4.90 Å². The summed E-state index contributed by atoms with van der Waals surface area (Å²) in [7, 11) is 0. The van der Waals surface area contributed by atoms with E-state index in [9.17, 15) is 19.5 Å². The number of nitrogens with zero attached hydrogens (tertiary/aromatic N) is 1. The van der Waals surface area contributed by atoms with Gasteiger partial charge in [-0.1, -0.05) is 50.6 Å². The van der Waals surface area contributed by atoms with Crippen LogP contribution in [0.5, 0.6) is 0 Å². The minimum Gasteiger partial charge on any atom is -0.394 e. The van der Waals surface area contributed by atoms with Gasteiger partial charge < -0.3 is 25.4 Å². The van der Waals surface area contributed by atoms with E-state index in [-0.39, 0.29) is 30.4 Å². The first-order valence-corrected chi connectivity index (χ1v) is 13.0. The zero-order valence-electron chi connectivity index (χ0n) is 21.3. The van der Waals surface area contributed by atoms with Gasteiger partial charge in [-0.05, 0) is 45.1 Å². The Morgan fingerprint density at radius 2 is 1.91 bits per heavy atom. The van der Waals surface area contributed by atoms with E-state index in [4.69, 9.17) is 4.74 Å². The Kier molecular flexibility index (Phi) is 7.25. The molecule has 3 aliphatic heterocycles. The van der Waals surface area contributed by atoms with Crippen molar-refractivity contribution in [3.05, 3.63) is 35.9 Å². The molecule has 0 aromatic heterocycles. The van der Waals surface area contributed by atoms with Gasteiger partial charge in [0.1, 0.15) is 11.6 Å². The molecule has 3 unspecified atom stereocenters. The van der Waals surface area contributed by atoms with E-state index >= 15 is 0 Å². The summed E-state index contributed by atoms with van der Waals surface area (Å²) >= 11 is 0. The number of rotatable bonds is 10. The summed E-state index contributed by atoms with van der Waals surface area (Å²) in [5, 5.41) is 16.2. The molecule has 3 fully saturated rings. The molecule has 0 radical (unpaired) electrons. The normalized spacial score (nSPS) is 32.9. The third-order valence-electron chi connectivity index (χ3n) is 8.24. The van der Waals surface area contributed by atoms with Gasteiger partial charge in [0.15, 0.2) is 0 Å². The van der Waals surface area contributed by atoms with Crippen LogP contribution in [0.1, 0.15) is 65.4 Å². The van der Waals surface area contributed by atoms with Crippen molar-refractivity contribution < 1.29 is 24.2 Å². The minimum absolute atomic E-state index is 0.0479. The van der Waals surface area contributed by atoms with Gasteiger partial charge in [-0.25, -0.2) is 0 Å². The van der Waals surface area contributed by atoms with Gasteiger partial charge in [-0.15, -0.1) is 0 Å². The van der Waals surface area contributed by atoms with Crippen molar-refractivity contribution in [2.24, 2.45) is 11.8 Å². The van der Waals surface area contributed by atoms with Crippen LogP contribution in [-0.4, -0.2) is 63.7 Å². The van der Waals surface area contributed by atoms with Crippen LogP contribution in [0, 0.1) is 11.8 Å². The number of nitrogens with one attached hydrogen (secondary N) is 2. The number of amides is 3. The van der Waals surface area contributed by atoms with Crippen LogP contribution in [-0.2, 0) is 25.7 Å². The number of hydrogen-bond acceptors (Lipinski definition) is 5. The van der Waals surface area contributed by atoms with Crippen LogP contribution >= 0.6 is 0 Å². The van der Waals surface area contributed by atoms with Crippen LogP contribution in [0.4, 0.5) is 0 Å². The molecule has 3 aliphatic rings. The Labute approximate surface area is 207 Å². The van der Waals surface area contributed by atoms with E-state index in [2.05, 4.69) is 17.6 Å². The number of ether oxygens (including phenoxy) is 1. The van der Waals surface area contributed by atoms with Gasteiger partial charge in [0.25, 0.3) is 0 Å². The summed E-state index contributed by atoms with van der Waals surface area (Å²) in [6, 6.07) is 8.20. The second-order valence-electron chi connectivity index (χ2n) is 10.6. The Balaban J connectivity index is 1.66. The van der Waals surface area contributed by atoms with E-state index in [0.717, 1.165) is 18.4 Å². The molecule has 1 aromatic rings. The second-order valence-corrected chi connectivity index (χ2v) is 10.6. The van der Waals surface area contributed by atoms with Crippen molar-refractivity contribution in [1.29, 1.82) is 0 Å². The first-order chi connectivity index (χ1) is 16.7. The van der Waals surface area contributed by atoms with Crippen molar-refractivity contribution in [2.75, 3.05) is 6.61 Å². The molecule has 2 bridgehead atoms. The number of likely N-dealkylation sites (tertiary alicyclic amines) is 1. The lowest BCUT2D eigenvalue weighted by Crippen LogP contribution is -2.59. The summed E-state index contributed by atoms with van der Waals surface area (Å²) in [4.78, 5) is 42.7. The first-order valence-electron chi connectivity index (χ1n) is 13.0. The van der Waals surface area contributed by atoms with E-state index in [1.54, 1.807) is 0 Å². The number of benzene rings is 1. The van der Waals surface area contributed by atoms with Crippen molar-refractivity contribution in [3.8, 4) is 0 Å². The van der Waals surface area contributed by atoms with E-state index < -0.39 is 35.1 Å². The summed E-state index contributed by atoms with van der Waals surface area (Å²) < 4.78 is 6.61. The predicted octanol–water partition coefficient (Wildman–Crippen LogP) is 2.14. The van der Waals surface area contributed by atoms with Gasteiger partial charge in [0.2, 0.25) is 17.7 Å². The number of aliphatic hydroxyl groups is 1. The number of carbonyl (C=O) groups excluding carboxylic acids is 3. The molecule has 1 aromatic carbocycles. The van der Waals surface area contributed by atoms with Crippen LogP contribution in [0.15, 0.2) is 30.3 Å². The van der Waals surface area contributed by atoms with Crippen molar-refractivity contribution >= 4 is 17.7 Å². The molecule has 3 heterocycles. The fourth-order valence-corrected chi connectivity index (χ4v) is 6.59. The summed E-state index contributed by atoms with van der Waals surface area (Å²) in [5.41, 5.74) is -0.918. The average molecular weight is 486 g/mol. The summed E-state index contributed by atoms with van der Waals surface area (Å²) in [6.45, 7) is 7.90. The molecule has 0 aliphatic carbocycles. The molecule has 8 nitrogen and oxygen atoms in total. The SMILES string of the molecule is CCCC(C)NC(=O)C1N([C@@H](CC)CO)C(=O)[C@@H]2[C@@H](C(=O)NCc3ccccc3)[C@@]3(C)CCC12O3. The van der Waals surface area contributed by atoms with Crippen LogP contribution in [0.25, 0.3) is 0 Å². The van der Waals surface area contributed by atoms with Gasteiger partial charge in [-0.2, -0.15) is 0 Å². The molecule has 3 saturated heterocycles. The standard InChI is InChI=1S/C27H39N3O5/c1-5-10-17(3)29-24(33)22-27-14-13-26(4,35-27)20(21(27)25(34)30(22)19(6-2)16-31)23(32)28-15-18-11-8-7-9-12-18/h7-9,11-12,17,19-22,31H,5-6,10,13-16H2,1-4H3,(H,28,32)(H,29,33)/t17?,19-,20-,21-,22?,26+,27?/m0/s1. The van der Waals surface area contributed by atoms with Crippen LogP contribution in [0.2, 0.25) is 0 Å². The Morgan fingerprint density at radius 3 is 2.54 bits per heavy atom. The number of carbonyl (C=O) groups is 3. The first kappa shape index (κ1) is 25.6. The summed E-state index contributed by atoms with van der Waals surface area (Å²) in [6.07, 6.45) is 3.37. The van der Waals surface area contributed by atoms with Gasteiger partial charge in [0, 0.05) is 12.6 Å². The predicted molar refractivity (Wildman–Crippen MR) is 131 cm³/mol. The fourth-order valence-electron chi connectivity index (χ4n) is 6.59. The average Bonchev–Trinajstić information content (AvgIpc) is 3.40. The summed E-state index contributed by atoms with van der Waals surface area (Å²) in [5.74, 6) is -2.21. The molecule has 1 spiro atoms. The van der Waals surface area contributed by atoms with Crippen LogP contribution in [0.3, 0.4) is 0 Å². The van der Waals surface area contributed by atoms with Crippen molar-refractivity contribution in [3.63, 3.8) is 0 Å². The molecule has 3 amide bonds. The maximum atomic E-state index is 14.0. The molecular weight excluding hydrogens is 446 g/mol. The van der Waals surface area contributed by atoms with Gasteiger partial charge in [-0.3, -0.25) is 14.4 Å². The van der Waals surface area contributed by atoms with Crippen LogP contribution < -0.4 is 10.6 Å². The van der Waals surface area contributed by atoms with E-state index in [0.29, 0.717) is 25.8 Å². The zero-order valence-corrected chi connectivity index (χ0v) is 21.3. The Hall–Kier alpha value is -2.45. The third kappa shape index (κ3) is 4.25. The van der Waals surface area contributed by atoms with E-state index in [1.807, 2.05) is 51.1 Å². The lowest BCUT2D eigenvalue weighted by Gasteiger charge is -2.37. The molecule has 3 N–H and O–H groups in total. The van der Waals surface area contributed by atoms with Gasteiger partial charge >= 0.3 is 0 Å². The molecule has 4 rings (SSSR count). The fraction of sp³-hybridized carbons (Fsp3) is 0.667. The quantitative estimate of drug-likeness (QED) is 0.471. The second kappa shape index (κ2) is 9.90. The maximum Gasteiger partial charge on any atom is 0.246 e. The van der Waals surface area contributed by atoms with Crippen molar-refractivity contribution in [2.45, 2.75) is 95.7 Å². The molecule has 35 heavy (non-hydrogen) atoms. The molecule has 7 atom stereocenters. The molecule has 0 saturated carbocycles. The zero-order chi connectivity index (χ0) is 25.4. The smallest absolute Gasteiger partial charge is 0.246 e. The Morgan fingerprint density at radius 1 is 1.20 bits per heavy atom. The topological polar surface area (TPSA) is 108 Å². The lowest BCUT2D eigenvalue weighted by molar-refractivity contribution is -0.150. The Bertz CT molecular complexity index is 951. The highest BCUT2D eigenvalue weighted by atomic mass is 16.5. The number of fused-ring (bicyclic) bond motifs is 1. The van der Waals surface area contributed by atoms with Crippen molar-refractivity contribution in [1.82, 2.24) is 15.5 Å². The molecular formula is C27H39N3O5. The highest BCUT2D eigenvalue weighted by molar-refractivity contribution is 5.99.